The molecule has 3 N–H and O–H groups in total. The van der Waals surface area contributed by atoms with Gasteiger partial charge < -0.3 is 15.5 Å². The molecule has 0 spiro atoms. The molecule has 0 saturated heterocycles. The fourth-order valence-electron chi connectivity index (χ4n) is 1.91. The van der Waals surface area contributed by atoms with Crippen LogP contribution in [0.3, 0.4) is 0 Å². The van der Waals surface area contributed by atoms with Crippen molar-refractivity contribution in [3.05, 3.63) is 71.3 Å². The van der Waals surface area contributed by atoms with E-state index in [1.807, 2.05) is 0 Å². The zero-order chi connectivity index (χ0) is 15.2. The van der Waals surface area contributed by atoms with Crippen molar-refractivity contribution in [3.8, 4) is 0 Å². The Bertz CT molecular complexity index is 622. The monoisotopic (exact) mass is 285 g/mol. The average Bonchev–Trinajstić information content (AvgIpc) is 2.53. The van der Waals surface area contributed by atoms with Gasteiger partial charge in [0.2, 0.25) is 0 Å². The Morgan fingerprint density at radius 3 is 2.14 bits per heavy atom. The summed E-state index contributed by atoms with van der Waals surface area (Å²) < 4.78 is 0. The van der Waals surface area contributed by atoms with Crippen LogP contribution in [-0.4, -0.2) is 22.1 Å². The highest BCUT2D eigenvalue weighted by Gasteiger charge is 2.22. The molecule has 21 heavy (non-hydrogen) atoms. The molecule has 0 fully saturated rings. The van der Waals surface area contributed by atoms with Crippen molar-refractivity contribution in [3.63, 3.8) is 0 Å². The van der Waals surface area contributed by atoms with Crippen LogP contribution >= 0.6 is 0 Å². The molecule has 1 atom stereocenters. The number of aliphatic carboxylic acids is 1. The zero-order valence-electron chi connectivity index (χ0n) is 11.2. The Morgan fingerprint density at radius 1 is 1.00 bits per heavy atom. The third-order valence-corrected chi connectivity index (χ3v) is 3.05. The SMILES string of the molecule is O=C(N[C@@H](C(=O)O)c1ccccc1)c1ccc(CO)cc1. The second-order valence-corrected chi connectivity index (χ2v) is 4.51. The molecule has 1 amide bonds. The van der Waals surface area contributed by atoms with Gasteiger partial charge in [-0.05, 0) is 23.3 Å². The Hall–Kier alpha value is -2.66. The number of amides is 1. The summed E-state index contributed by atoms with van der Waals surface area (Å²) in [4.78, 5) is 23.4. The number of hydrogen-bond acceptors (Lipinski definition) is 3. The molecule has 0 aliphatic carbocycles. The summed E-state index contributed by atoms with van der Waals surface area (Å²) in [6.45, 7) is -0.107. The third kappa shape index (κ3) is 3.67. The molecule has 5 heteroatoms. The summed E-state index contributed by atoms with van der Waals surface area (Å²) in [6.07, 6.45) is 0. The van der Waals surface area contributed by atoms with Crippen molar-refractivity contribution in [1.29, 1.82) is 0 Å². The van der Waals surface area contributed by atoms with E-state index in [1.54, 1.807) is 54.6 Å². The highest BCUT2D eigenvalue weighted by atomic mass is 16.4. The van der Waals surface area contributed by atoms with Crippen LogP contribution in [0.15, 0.2) is 54.6 Å². The molecule has 2 rings (SSSR count). The van der Waals surface area contributed by atoms with E-state index >= 15 is 0 Å². The van der Waals surface area contributed by atoms with E-state index in [2.05, 4.69) is 5.32 Å². The van der Waals surface area contributed by atoms with Gasteiger partial charge in [-0.3, -0.25) is 4.79 Å². The van der Waals surface area contributed by atoms with Gasteiger partial charge >= 0.3 is 5.97 Å². The molecule has 0 aliphatic heterocycles. The van der Waals surface area contributed by atoms with Crippen LogP contribution < -0.4 is 5.32 Å². The van der Waals surface area contributed by atoms with E-state index in [-0.39, 0.29) is 6.61 Å². The van der Waals surface area contributed by atoms with E-state index in [4.69, 9.17) is 5.11 Å². The van der Waals surface area contributed by atoms with Crippen LogP contribution in [0.4, 0.5) is 0 Å². The van der Waals surface area contributed by atoms with Gasteiger partial charge in [0.05, 0.1) is 6.61 Å². The maximum absolute atomic E-state index is 12.1. The van der Waals surface area contributed by atoms with Crippen LogP contribution in [-0.2, 0) is 11.4 Å². The molecular weight excluding hydrogens is 270 g/mol. The molecule has 108 valence electrons. The number of carboxylic acid groups (broad SMARTS) is 1. The second kappa shape index (κ2) is 6.67. The molecular formula is C16H15NO4. The number of carbonyl (C=O) groups excluding carboxylic acids is 1. The van der Waals surface area contributed by atoms with E-state index in [1.165, 1.54) is 0 Å². The van der Waals surface area contributed by atoms with Crippen LogP contribution in [0.2, 0.25) is 0 Å². The Kier molecular flexibility index (Phi) is 4.68. The summed E-state index contributed by atoms with van der Waals surface area (Å²) in [5.74, 6) is -1.60. The summed E-state index contributed by atoms with van der Waals surface area (Å²) in [6, 6.07) is 13.7. The lowest BCUT2D eigenvalue weighted by molar-refractivity contribution is -0.139. The normalized spacial score (nSPS) is 11.7. The van der Waals surface area contributed by atoms with Crippen LogP contribution in [0.1, 0.15) is 27.5 Å². The number of nitrogens with one attached hydrogen (secondary N) is 1. The predicted octanol–water partition coefficient (Wildman–Crippen LogP) is 1.73. The highest BCUT2D eigenvalue weighted by Crippen LogP contribution is 2.14. The molecule has 0 saturated carbocycles. The largest absolute Gasteiger partial charge is 0.479 e. The van der Waals surface area contributed by atoms with Gasteiger partial charge in [-0.15, -0.1) is 0 Å². The first-order valence-corrected chi connectivity index (χ1v) is 6.40. The minimum Gasteiger partial charge on any atom is -0.479 e. The van der Waals surface area contributed by atoms with Crippen molar-refractivity contribution >= 4 is 11.9 Å². The molecule has 0 heterocycles. The number of benzene rings is 2. The molecule has 2 aromatic rings. The number of carboxylic acids is 1. The molecule has 0 radical (unpaired) electrons. The number of aliphatic hydroxyl groups excluding tert-OH is 1. The third-order valence-electron chi connectivity index (χ3n) is 3.05. The number of aliphatic hydroxyl groups is 1. The van der Waals surface area contributed by atoms with E-state index < -0.39 is 17.9 Å². The Labute approximate surface area is 121 Å². The van der Waals surface area contributed by atoms with Gasteiger partial charge in [0.25, 0.3) is 5.91 Å². The summed E-state index contributed by atoms with van der Waals surface area (Å²) in [5, 5.41) is 20.7. The molecule has 5 nitrogen and oxygen atoms in total. The Morgan fingerprint density at radius 2 is 1.62 bits per heavy atom. The van der Waals surface area contributed by atoms with E-state index in [0.717, 1.165) is 0 Å². The number of rotatable bonds is 5. The van der Waals surface area contributed by atoms with Gasteiger partial charge in [0.1, 0.15) is 0 Å². The molecule has 2 aromatic carbocycles. The highest BCUT2D eigenvalue weighted by molar-refractivity contribution is 5.96. The maximum Gasteiger partial charge on any atom is 0.330 e. The van der Waals surface area contributed by atoms with Crippen molar-refractivity contribution in [2.45, 2.75) is 12.6 Å². The van der Waals surface area contributed by atoms with Gasteiger partial charge in [0, 0.05) is 5.56 Å². The van der Waals surface area contributed by atoms with Gasteiger partial charge in [0.15, 0.2) is 6.04 Å². The van der Waals surface area contributed by atoms with Gasteiger partial charge in [-0.1, -0.05) is 42.5 Å². The smallest absolute Gasteiger partial charge is 0.330 e. The first-order chi connectivity index (χ1) is 10.1. The Balaban J connectivity index is 2.16. The number of hydrogen-bond donors (Lipinski definition) is 3. The lowest BCUT2D eigenvalue weighted by Gasteiger charge is -2.15. The molecule has 0 bridgehead atoms. The van der Waals surface area contributed by atoms with E-state index in [9.17, 15) is 14.7 Å². The molecule has 0 aromatic heterocycles. The van der Waals surface area contributed by atoms with Crippen molar-refractivity contribution in [2.75, 3.05) is 0 Å². The summed E-state index contributed by atoms with van der Waals surface area (Å²) >= 11 is 0. The van der Waals surface area contributed by atoms with Crippen LogP contribution in [0, 0.1) is 0 Å². The zero-order valence-corrected chi connectivity index (χ0v) is 11.2. The second-order valence-electron chi connectivity index (χ2n) is 4.51. The quantitative estimate of drug-likeness (QED) is 0.781. The lowest BCUT2D eigenvalue weighted by atomic mass is 10.1. The number of carbonyl (C=O) groups is 2. The maximum atomic E-state index is 12.1. The standard InChI is InChI=1S/C16H15NO4/c18-10-11-6-8-13(9-7-11)15(19)17-14(16(20)21)12-4-2-1-3-5-12/h1-9,14,18H,10H2,(H,17,19)(H,20,21)/t14-/m1/s1. The lowest BCUT2D eigenvalue weighted by Crippen LogP contribution is -2.33. The first kappa shape index (κ1) is 14.7. The van der Waals surface area contributed by atoms with Gasteiger partial charge in [-0.2, -0.15) is 0 Å². The van der Waals surface area contributed by atoms with Gasteiger partial charge in [-0.25, -0.2) is 4.79 Å². The predicted molar refractivity (Wildman–Crippen MR) is 76.6 cm³/mol. The van der Waals surface area contributed by atoms with Crippen molar-refractivity contribution in [2.24, 2.45) is 0 Å². The topological polar surface area (TPSA) is 86.6 Å². The van der Waals surface area contributed by atoms with Crippen LogP contribution in [0.5, 0.6) is 0 Å². The minimum atomic E-state index is -1.12. The average molecular weight is 285 g/mol. The van der Waals surface area contributed by atoms with Crippen LogP contribution in [0.25, 0.3) is 0 Å². The minimum absolute atomic E-state index is 0.107. The van der Waals surface area contributed by atoms with E-state index in [0.29, 0.717) is 16.7 Å². The van der Waals surface area contributed by atoms with Crippen molar-refractivity contribution in [1.82, 2.24) is 5.32 Å². The summed E-state index contributed by atoms with van der Waals surface area (Å²) in [5.41, 5.74) is 1.53. The van der Waals surface area contributed by atoms with Crippen molar-refractivity contribution < 1.29 is 19.8 Å². The molecule has 0 aliphatic rings. The fraction of sp³-hybridized carbons (Fsp3) is 0.125. The fourth-order valence-corrected chi connectivity index (χ4v) is 1.91. The molecule has 0 unspecified atom stereocenters. The summed E-state index contributed by atoms with van der Waals surface area (Å²) in [7, 11) is 0. The first-order valence-electron chi connectivity index (χ1n) is 6.40.